The van der Waals surface area contributed by atoms with Gasteiger partial charge in [-0.15, -0.1) is 0 Å². The molecule has 0 amide bonds. The lowest BCUT2D eigenvalue weighted by Gasteiger charge is -2.14. The largest absolute Gasteiger partial charge is 0.493 e. The van der Waals surface area contributed by atoms with Crippen molar-refractivity contribution >= 4 is 11.9 Å². The van der Waals surface area contributed by atoms with Crippen LogP contribution < -0.4 is 10.5 Å². The predicted molar refractivity (Wildman–Crippen MR) is 99.2 cm³/mol. The Kier molecular flexibility index (Phi) is 5.12. The van der Waals surface area contributed by atoms with Gasteiger partial charge in [0, 0.05) is 12.0 Å². The van der Waals surface area contributed by atoms with Gasteiger partial charge in [0.1, 0.15) is 11.3 Å². The number of para-hydroxylation sites is 1. The van der Waals surface area contributed by atoms with Crippen molar-refractivity contribution in [3.8, 4) is 17.0 Å². The van der Waals surface area contributed by atoms with Gasteiger partial charge in [-0.05, 0) is 24.6 Å². The molecule has 1 heterocycles. The van der Waals surface area contributed by atoms with Crippen LogP contribution in [0.1, 0.15) is 21.6 Å². The number of aryl methyl sites for hydroxylation is 1. The predicted octanol–water partition coefficient (Wildman–Crippen LogP) is 3.35. The van der Waals surface area contributed by atoms with E-state index < -0.39 is 5.97 Å². The number of hydrogen-bond acceptors (Lipinski definition) is 5. The average molecular weight is 349 g/mol. The minimum Gasteiger partial charge on any atom is -0.493 e. The Morgan fingerprint density at radius 3 is 2.50 bits per heavy atom. The summed E-state index contributed by atoms with van der Waals surface area (Å²) in [6, 6.07) is 17.2. The Labute approximate surface area is 151 Å². The Morgan fingerprint density at radius 2 is 1.77 bits per heavy atom. The molecule has 0 aliphatic rings. The summed E-state index contributed by atoms with van der Waals surface area (Å²) in [5, 5.41) is 9.55. The molecule has 0 saturated carbocycles. The third-order valence-electron chi connectivity index (χ3n) is 3.95. The molecule has 26 heavy (non-hydrogen) atoms. The lowest BCUT2D eigenvalue weighted by molar-refractivity contribution is 0.0696. The number of aromatic nitrogens is 2. The number of nitrogens with zero attached hydrogens (tertiary/aromatic N) is 2. The fourth-order valence-corrected chi connectivity index (χ4v) is 2.76. The van der Waals surface area contributed by atoms with Gasteiger partial charge in [-0.3, -0.25) is 0 Å². The van der Waals surface area contributed by atoms with Crippen LogP contribution in [0.25, 0.3) is 11.3 Å². The van der Waals surface area contributed by atoms with Crippen molar-refractivity contribution in [1.29, 1.82) is 0 Å². The minimum atomic E-state index is -1.10. The van der Waals surface area contributed by atoms with Gasteiger partial charge in [0.25, 0.3) is 0 Å². The standard InChI is InChI=1S/C20H19N3O3/c1-13-17(19(24)25)18(23-20(21)22-13)15-9-5-6-10-16(15)26-12-11-14-7-3-2-4-8-14/h2-10H,11-12H2,1H3,(H,24,25)(H2,21,22,23). The van der Waals surface area contributed by atoms with E-state index >= 15 is 0 Å². The maximum atomic E-state index is 11.7. The third kappa shape index (κ3) is 3.80. The number of carbonyl (C=O) groups is 1. The van der Waals surface area contributed by atoms with E-state index in [0.717, 1.165) is 6.42 Å². The van der Waals surface area contributed by atoms with Crippen molar-refractivity contribution in [1.82, 2.24) is 9.97 Å². The topological polar surface area (TPSA) is 98.3 Å². The third-order valence-corrected chi connectivity index (χ3v) is 3.95. The Balaban J connectivity index is 1.91. The summed E-state index contributed by atoms with van der Waals surface area (Å²) in [4.78, 5) is 19.8. The Morgan fingerprint density at radius 1 is 1.08 bits per heavy atom. The number of nitrogen functional groups attached to an aromatic ring is 1. The lowest BCUT2D eigenvalue weighted by atomic mass is 10.0. The fraction of sp³-hybridized carbons (Fsp3) is 0.150. The number of carboxylic acid groups (broad SMARTS) is 1. The van der Waals surface area contributed by atoms with Crippen LogP contribution in [0.3, 0.4) is 0 Å². The van der Waals surface area contributed by atoms with E-state index in [0.29, 0.717) is 23.6 Å². The summed E-state index contributed by atoms with van der Waals surface area (Å²) in [6.45, 7) is 2.06. The molecule has 0 saturated heterocycles. The van der Waals surface area contributed by atoms with E-state index in [1.54, 1.807) is 25.1 Å². The molecule has 0 spiro atoms. The van der Waals surface area contributed by atoms with Crippen molar-refractivity contribution in [2.24, 2.45) is 0 Å². The second kappa shape index (κ2) is 7.65. The molecule has 0 radical (unpaired) electrons. The maximum absolute atomic E-state index is 11.7. The molecule has 132 valence electrons. The van der Waals surface area contributed by atoms with E-state index in [1.165, 1.54) is 5.56 Å². The smallest absolute Gasteiger partial charge is 0.339 e. The van der Waals surface area contributed by atoms with Crippen molar-refractivity contribution in [2.45, 2.75) is 13.3 Å². The van der Waals surface area contributed by atoms with Crippen LogP contribution in [-0.4, -0.2) is 27.7 Å². The highest BCUT2D eigenvalue weighted by Gasteiger charge is 2.21. The first kappa shape index (κ1) is 17.4. The molecular weight excluding hydrogens is 330 g/mol. The van der Waals surface area contributed by atoms with Crippen LogP contribution in [0.2, 0.25) is 0 Å². The van der Waals surface area contributed by atoms with Crippen LogP contribution in [0, 0.1) is 6.92 Å². The zero-order chi connectivity index (χ0) is 18.5. The number of ether oxygens (including phenoxy) is 1. The highest BCUT2D eigenvalue weighted by atomic mass is 16.5. The minimum absolute atomic E-state index is 0.0262. The van der Waals surface area contributed by atoms with Gasteiger partial charge >= 0.3 is 5.97 Å². The van der Waals surface area contributed by atoms with Crippen molar-refractivity contribution in [3.63, 3.8) is 0 Å². The number of rotatable bonds is 6. The van der Waals surface area contributed by atoms with Crippen LogP contribution in [0.15, 0.2) is 54.6 Å². The fourth-order valence-electron chi connectivity index (χ4n) is 2.76. The molecule has 6 nitrogen and oxygen atoms in total. The molecule has 1 aromatic heterocycles. The van der Waals surface area contributed by atoms with Crippen LogP contribution >= 0.6 is 0 Å². The van der Waals surface area contributed by atoms with Gasteiger partial charge in [-0.2, -0.15) is 0 Å². The molecule has 0 fully saturated rings. The molecule has 3 N–H and O–H groups in total. The van der Waals surface area contributed by atoms with Gasteiger partial charge in [0.2, 0.25) is 5.95 Å². The normalized spacial score (nSPS) is 10.5. The SMILES string of the molecule is Cc1nc(N)nc(-c2ccccc2OCCc2ccccc2)c1C(=O)O. The molecule has 0 aliphatic carbocycles. The zero-order valence-electron chi connectivity index (χ0n) is 14.3. The van der Waals surface area contributed by atoms with Gasteiger partial charge in [0.15, 0.2) is 0 Å². The van der Waals surface area contributed by atoms with Gasteiger partial charge in [-0.1, -0.05) is 42.5 Å². The molecule has 2 aromatic carbocycles. The number of benzene rings is 2. The molecule has 0 atom stereocenters. The molecule has 6 heteroatoms. The van der Waals surface area contributed by atoms with Gasteiger partial charge < -0.3 is 15.6 Å². The van der Waals surface area contributed by atoms with Gasteiger partial charge in [0.05, 0.1) is 18.0 Å². The quantitative estimate of drug-likeness (QED) is 0.708. The Bertz CT molecular complexity index is 927. The Hall–Kier alpha value is -3.41. The van der Waals surface area contributed by atoms with Crippen molar-refractivity contribution < 1.29 is 14.6 Å². The summed E-state index contributed by atoms with van der Waals surface area (Å²) in [6.07, 6.45) is 0.742. The first-order valence-electron chi connectivity index (χ1n) is 8.20. The summed E-state index contributed by atoms with van der Waals surface area (Å²) in [5.74, 6) is -0.512. The first-order valence-corrected chi connectivity index (χ1v) is 8.20. The highest BCUT2D eigenvalue weighted by Crippen LogP contribution is 2.32. The average Bonchev–Trinajstić information content (AvgIpc) is 2.62. The van der Waals surface area contributed by atoms with Gasteiger partial charge in [-0.25, -0.2) is 14.8 Å². The molecule has 0 bridgehead atoms. The molecule has 3 rings (SSSR count). The van der Waals surface area contributed by atoms with E-state index in [2.05, 4.69) is 9.97 Å². The highest BCUT2D eigenvalue weighted by molar-refractivity contribution is 5.97. The summed E-state index contributed by atoms with van der Waals surface area (Å²) in [5.41, 5.74) is 8.09. The van der Waals surface area contributed by atoms with E-state index in [-0.39, 0.29) is 17.2 Å². The van der Waals surface area contributed by atoms with Crippen LogP contribution in [-0.2, 0) is 6.42 Å². The number of nitrogens with two attached hydrogens (primary N) is 1. The van der Waals surface area contributed by atoms with E-state index in [1.807, 2.05) is 36.4 Å². The molecule has 0 aliphatic heterocycles. The second-order valence-corrected chi connectivity index (χ2v) is 5.78. The number of anilines is 1. The monoisotopic (exact) mass is 349 g/mol. The number of aromatic carboxylic acids is 1. The maximum Gasteiger partial charge on any atom is 0.339 e. The van der Waals surface area contributed by atoms with E-state index in [4.69, 9.17) is 10.5 Å². The van der Waals surface area contributed by atoms with Crippen molar-refractivity contribution in [2.75, 3.05) is 12.3 Å². The second-order valence-electron chi connectivity index (χ2n) is 5.78. The summed E-state index contributed by atoms with van der Waals surface area (Å²) in [7, 11) is 0. The zero-order valence-corrected chi connectivity index (χ0v) is 14.3. The summed E-state index contributed by atoms with van der Waals surface area (Å²) < 4.78 is 5.92. The number of hydrogen-bond donors (Lipinski definition) is 2. The number of carboxylic acids is 1. The molecular formula is C20H19N3O3. The van der Waals surface area contributed by atoms with Crippen LogP contribution in [0.4, 0.5) is 5.95 Å². The molecule has 0 unspecified atom stereocenters. The lowest BCUT2D eigenvalue weighted by Crippen LogP contribution is -2.10. The van der Waals surface area contributed by atoms with Crippen LogP contribution in [0.5, 0.6) is 5.75 Å². The summed E-state index contributed by atoms with van der Waals surface area (Å²) >= 11 is 0. The van der Waals surface area contributed by atoms with Crippen molar-refractivity contribution in [3.05, 3.63) is 71.4 Å². The van der Waals surface area contributed by atoms with E-state index in [9.17, 15) is 9.90 Å². The molecule has 3 aromatic rings. The first-order chi connectivity index (χ1) is 12.6.